The van der Waals surface area contributed by atoms with Crippen molar-refractivity contribution in [2.75, 3.05) is 19.6 Å². The molecule has 2 atom stereocenters. The summed E-state index contributed by atoms with van der Waals surface area (Å²) in [7, 11) is 0. The highest BCUT2D eigenvalue weighted by atomic mass is 16.2. The van der Waals surface area contributed by atoms with E-state index in [0.29, 0.717) is 12.6 Å². The van der Waals surface area contributed by atoms with Gasteiger partial charge >= 0.3 is 0 Å². The number of fused-ring (bicyclic) bond motifs is 3. The Morgan fingerprint density at radius 1 is 1.08 bits per heavy atom. The third-order valence-electron chi connectivity index (χ3n) is 5.62. The van der Waals surface area contributed by atoms with Crippen molar-refractivity contribution in [3.63, 3.8) is 0 Å². The third kappa shape index (κ3) is 2.35. The molecule has 2 aliphatic heterocycles. The van der Waals surface area contributed by atoms with E-state index in [2.05, 4.69) is 25.5 Å². The van der Waals surface area contributed by atoms with Gasteiger partial charge in [-0.25, -0.2) is 0 Å². The summed E-state index contributed by atoms with van der Waals surface area (Å²) in [4.78, 5) is 22.1. The van der Waals surface area contributed by atoms with Crippen LogP contribution in [0.5, 0.6) is 0 Å². The summed E-state index contributed by atoms with van der Waals surface area (Å²) >= 11 is 0. The average Bonchev–Trinajstić information content (AvgIpc) is 3.10. The van der Waals surface area contributed by atoms with E-state index in [4.69, 9.17) is 0 Å². The van der Waals surface area contributed by atoms with Crippen LogP contribution in [0.25, 0.3) is 0 Å². The Kier molecular flexibility index (Phi) is 3.23. The van der Waals surface area contributed by atoms with Gasteiger partial charge in [0.1, 0.15) is 5.69 Å². The molecule has 0 unspecified atom stereocenters. The lowest BCUT2D eigenvalue weighted by Gasteiger charge is -2.38. The predicted molar refractivity (Wildman–Crippen MR) is 90.5 cm³/mol. The zero-order chi connectivity index (χ0) is 16.1. The fourth-order valence-electron chi connectivity index (χ4n) is 4.26. The largest absolute Gasteiger partial charge is 0.337 e. The fourth-order valence-corrected chi connectivity index (χ4v) is 4.26. The highest BCUT2D eigenvalue weighted by Gasteiger charge is 2.45. The number of aromatic nitrogens is 2. The first-order chi connectivity index (χ1) is 11.8. The molecule has 5 rings (SSSR count). The molecule has 0 aromatic carbocycles. The van der Waals surface area contributed by atoms with Gasteiger partial charge in [-0.15, -0.1) is 0 Å². The van der Waals surface area contributed by atoms with Crippen LogP contribution in [0.2, 0.25) is 0 Å². The van der Waals surface area contributed by atoms with Crippen LogP contribution in [0.4, 0.5) is 0 Å². The molecule has 1 aliphatic carbocycles. The van der Waals surface area contributed by atoms with Gasteiger partial charge in [0.15, 0.2) is 0 Å². The second-order valence-electron chi connectivity index (χ2n) is 7.35. The average molecular weight is 322 g/mol. The summed E-state index contributed by atoms with van der Waals surface area (Å²) in [6.45, 7) is 3.82. The molecule has 3 aliphatic rings. The van der Waals surface area contributed by atoms with Gasteiger partial charge in [-0.1, -0.05) is 6.07 Å². The molecule has 0 bridgehead atoms. The molecule has 24 heavy (non-hydrogen) atoms. The second-order valence-corrected chi connectivity index (χ2v) is 7.35. The van der Waals surface area contributed by atoms with Crippen LogP contribution < -0.4 is 0 Å². The quantitative estimate of drug-likeness (QED) is 0.866. The number of rotatable bonds is 4. The molecule has 5 nitrogen and oxygen atoms in total. The van der Waals surface area contributed by atoms with Crippen molar-refractivity contribution in [2.45, 2.75) is 31.5 Å². The smallest absolute Gasteiger partial charge is 0.271 e. The van der Waals surface area contributed by atoms with Crippen LogP contribution in [-0.2, 0) is 6.54 Å². The number of carbonyl (C=O) groups excluding carboxylic acids is 1. The predicted octanol–water partition coefficient (Wildman–Crippen LogP) is 2.17. The maximum absolute atomic E-state index is 13.0. The van der Waals surface area contributed by atoms with Gasteiger partial charge in [-0.05, 0) is 43.0 Å². The van der Waals surface area contributed by atoms with Crippen molar-refractivity contribution in [3.8, 4) is 0 Å². The summed E-state index contributed by atoms with van der Waals surface area (Å²) < 4.78 is 2.20. The minimum absolute atomic E-state index is 0.139. The van der Waals surface area contributed by atoms with Crippen molar-refractivity contribution in [1.82, 2.24) is 19.4 Å². The molecule has 124 valence electrons. The normalized spacial score (nSPS) is 26.5. The van der Waals surface area contributed by atoms with Crippen molar-refractivity contribution in [1.29, 1.82) is 0 Å². The minimum atomic E-state index is 0.139. The number of amides is 1. The van der Waals surface area contributed by atoms with Gasteiger partial charge in [0.05, 0.1) is 24.3 Å². The number of carbonyl (C=O) groups is 1. The van der Waals surface area contributed by atoms with Gasteiger partial charge in [0, 0.05) is 32.0 Å². The Hall–Kier alpha value is -2.14. The topological polar surface area (TPSA) is 41.4 Å². The molecule has 0 spiro atoms. The molecule has 1 saturated carbocycles. The van der Waals surface area contributed by atoms with Crippen LogP contribution in [0, 0.1) is 5.92 Å². The molecule has 2 aromatic rings. The van der Waals surface area contributed by atoms with Crippen molar-refractivity contribution in [3.05, 3.63) is 54.1 Å². The highest BCUT2D eigenvalue weighted by Crippen LogP contribution is 2.37. The van der Waals surface area contributed by atoms with E-state index in [0.717, 1.165) is 30.4 Å². The first kappa shape index (κ1) is 14.2. The Labute approximate surface area is 141 Å². The van der Waals surface area contributed by atoms with E-state index < -0.39 is 0 Å². The SMILES string of the molecule is O=C1c2cccn2[C@H]2CN(CC3CC3)C[C@@H]2N1Cc1ccccn1. The third-order valence-corrected chi connectivity index (χ3v) is 5.62. The summed E-state index contributed by atoms with van der Waals surface area (Å²) in [5, 5.41) is 0. The standard InChI is InChI=1S/C19H22N4O/c24-19-16-5-3-9-22(16)17-12-21(10-14-6-7-14)13-18(17)23(19)11-15-4-1-2-8-20-15/h1-5,8-9,14,17-18H,6-7,10-13H2/t17-,18-/m0/s1. The molecule has 1 amide bonds. The highest BCUT2D eigenvalue weighted by molar-refractivity contribution is 5.94. The van der Waals surface area contributed by atoms with Gasteiger partial charge in [0.25, 0.3) is 5.91 Å². The summed E-state index contributed by atoms with van der Waals surface area (Å²) in [6, 6.07) is 10.5. The van der Waals surface area contributed by atoms with Crippen LogP contribution in [0.3, 0.4) is 0 Å². The van der Waals surface area contributed by atoms with E-state index in [1.54, 1.807) is 6.20 Å². The lowest BCUT2D eigenvalue weighted by Crippen LogP contribution is -2.49. The first-order valence-corrected chi connectivity index (χ1v) is 8.89. The molecule has 1 saturated heterocycles. The molecule has 2 aromatic heterocycles. The van der Waals surface area contributed by atoms with Crippen LogP contribution in [-0.4, -0.2) is 50.9 Å². The van der Waals surface area contributed by atoms with E-state index in [1.807, 2.05) is 30.3 Å². The summed E-state index contributed by atoms with van der Waals surface area (Å²) in [6.07, 6.45) is 6.62. The molecule has 0 N–H and O–H groups in total. The Morgan fingerprint density at radius 2 is 1.96 bits per heavy atom. The van der Waals surface area contributed by atoms with Crippen molar-refractivity contribution < 1.29 is 4.79 Å². The van der Waals surface area contributed by atoms with Gasteiger partial charge in [-0.2, -0.15) is 0 Å². The Bertz CT molecular complexity index is 752. The van der Waals surface area contributed by atoms with Crippen LogP contribution in [0.1, 0.15) is 35.1 Å². The molecule has 0 radical (unpaired) electrons. The van der Waals surface area contributed by atoms with Gasteiger partial charge < -0.3 is 9.47 Å². The maximum atomic E-state index is 13.0. The van der Waals surface area contributed by atoms with Crippen molar-refractivity contribution in [2.24, 2.45) is 5.92 Å². The first-order valence-electron chi connectivity index (χ1n) is 8.89. The second kappa shape index (κ2) is 5.45. The van der Waals surface area contributed by atoms with Crippen LogP contribution in [0.15, 0.2) is 42.7 Å². The van der Waals surface area contributed by atoms with Gasteiger partial charge in [0.2, 0.25) is 0 Å². The summed E-state index contributed by atoms with van der Waals surface area (Å²) in [5.41, 5.74) is 1.78. The molecule has 5 heteroatoms. The number of likely N-dealkylation sites (tertiary alicyclic amines) is 1. The van der Waals surface area contributed by atoms with E-state index in [-0.39, 0.29) is 11.9 Å². The summed E-state index contributed by atoms with van der Waals surface area (Å²) in [5.74, 6) is 1.02. The number of nitrogens with zero attached hydrogens (tertiary/aromatic N) is 4. The molecule has 4 heterocycles. The van der Waals surface area contributed by atoms with E-state index in [9.17, 15) is 4.79 Å². The number of hydrogen-bond acceptors (Lipinski definition) is 3. The lowest BCUT2D eigenvalue weighted by molar-refractivity contribution is 0.0553. The molecule has 2 fully saturated rings. The molecular formula is C19H22N4O. The van der Waals surface area contributed by atoms with E-state index in [1.165, 1.54) is 19.4 Å². The number of pyridine rings is 1. The van der Waals surface area contributed by atoms with E-state index >= 15 is 0 Å². The Morgan fingerprint density at radius 3 is 2.75 bits per heavy atom. The zero-order valence-corrected chi connectivity index (χ0v) is 13.7. The monoisotopic (exact) mass is 322 g/mol. The van der Waals surface area contributed by atoms with Crippen LogP contribution >= 0.6 is 0 Å². The number of hydrogen-bond donors (Lipinski definition) is 0. The maximum Gasteiger partial charge on any atom is 0.271 e. The van der Waals surface area contributed by atoms with Crippen molar-refractivity contribution >= 4 is 5.91 Å². The Balaban J connectivity index is 1.46. The fraction of sp³-hybridized carbons (Fsp3) is 0.474. The van der Waals surface area contributed by atoms with Gasteiger partial charge in [-0.3, -0.25) is 14.7 Å². The zero-order valence-electron chi connectivity index (χ0n) is 13.7. The minimum Gasteiger partial charge on any atom is -0.337 e. The molecular weight excluding hydrogens is 300 g/mol. The lowest BCUT2D eigenvalue weighted by atomic mass is 10.1.